The van der Waals surface area contributed by atoms with Crippen LogP contribution in [-0.4, -0.2) is 56.9 Å². The molecular weight excluding hydrogens is 394 g/mol. The molecule has 6 nitrogen and oxygen atoms in total. The standard InChI is InChI=1S/C25H47NO5/c1-6-10-14-15-21-23(26-20(5)27)25(30-18-13-9-4)31-22(19-28-16-11-7-2)24(21)29-17-12-8-3/h6,21-25H,1,7-19H2,2-5H3,(H,26,27)/t21?,22?,23?,24-,25-/m0/s1. The molecule has 182 valence electrons. The number of hydrogen-bond donors (Lipinski definition) is 1. The first-order chi connectivity index (χ1) is 15.1. The number of rotatable bonds is 18. The Balaban J connectivity index is 3.07. The summed E-state index contributed by atoms with van der Waals surface area (Å²) in [6.45, 7) is 14.4. The molecule has 1 fully saturated rings. The Labute approximate surface area is 190 Å². The molecule has 31 heavy (non-hydrogen) atoms. The second kappa shape index (κ2) is 17.6. The van der Waals surface area contributed by atoms with Crippen LogP contribution >= 0.6 is 0 Å². The first-order valence-corrected chi connectivity index (χ1v) is 12.4. The monoisotopic (exact) mass is 441 g/mol. The lowest BCUT2D eigenvalue weighted by Crippen LogP contribution is -2.62. The molecule has 1 amide bonds. The Hall–Kier alpha value is -0.950. The molecule has 1 aliphatic rings. The van der Waals surface area contributed by atoms with E-state index < -0.39 is 6.29 Å². The van der Waals surface area contributed by atoms with Gasteiger partial charge in [-0.3, -0.25) is 4.79 Å². The third-order valence-corrected chi connectivity index (χ3v) is 5.68. The van der Waals surface area contributed by atoms with Crippen LogP contribution < -0.4 is 5.32 Å². The van der Waals surface area contributed by atoms with Crippen LogP contribution in [0.25, 0.3) is 0 Å². The minimum Gasteiger partial charge on any atom is -0.379 e. The van der Waals surface area contributed by atoms with E-state index in [1.807, 2.05) is 6.08 Å². The lowest BCUT2D eigenvalue weighted by molar-refractivity contribution is -0.270. The maximum atomic E-state index is 12.1. The highest BCUT2D eigenvalue weighted by molar-refractivity contribution is 5.73. The smallest absolute Gasteiger partial charge is 0.217 e. The largest absolute Gasteiger partial charge is 0.379 e. The molecule has 0 bridgehead atoms. The summed E-state index contributed by atoms with van der Waals surface area (Å²) in [4.78, 5) is 12.1. The van der Waals surface area contributed by atoms with Gasteiger partial charge in [-0.05, 0) is 38.5 Å². The van der Waals surface area contributed by atoms with Crippen LogP contribution in [0, 0.1) is 5.92 Å². The normalized spacial score (nSPS) is 26.0. The molecule has 0 aliphatic carbocycles. The van der Waals surface area contributed by atoms with Crippen LogP contribution in [0.5, 0.6) is 0 Å². The van der Waals surface area contributed by atoms with Crippen LogP contribution in [0.15, 0.2) is 12.7 Å². The summed E-state index contributed by atoms with van der Waals surface area (Å²) in [7, 11) is 0. The van der Waals surface area contributed by atoms with E-state index in [0.29, 0.717) is 19.8 Å². The zero-order valence-corrected chi connectivity index (χ0v) is 20.4. The van der Waals surface area contributed by atoms with Crippen molar-refractivity contribution in [2.75, 3.05) is 26.4 Å². The number of hydrogen-bond acceptors (Lipinski definition) is 5. The maximum Gasteiger partial charge on any atom is 0.217 e. The Morgan fingerprint density at radius 3 is 2.26 bits per heavy atom. The third-order valence-electron chi connectivity index (χ3n) is 5.68. The molecule has 0 saturated carbocycles. The fourth-order valence-corrected chi connectivity index (χ4v) is 3.93. The van der Waals surface area contributed by atoms with Crippen molar-refractivity contribution < 1.29 is 23.7 Å². The van der Waals surface area contributed by atoms with Gasteiger partial charge in [-0.25, -0.2) is 0 Å². The number of unbranched alkanes of at least 4 members (excludes halogenated alkanes) is 4. The summed E-state index contributed by atoms with van der Waals surface area (Å²) in [5, 5.41) is 3.12. The average Bonchev–Trinajstić information content (AvgIpc) is 2.74. The molecule has 5 atom stereocenters. The number of amides is 1. The van der Waals surface area contributed by atoms with Crippen molar-refractivity contribution in [3.05, 3.63) is 12.7 Å². The highest BCUT2D eigenvalue weighted by Crippen LogP contribution is 2.33. The average molecular weight is 442 g/mol. The van der Waals surface area contributed by atoms with Crippen molar-refractivity contribution in [3.8, 4) is 0 Å². The summed E-state index contributed by atoms with van der Waals surface area (Å²) in [6.07, 6.45) is 10.2. The molecule has 1 aliphatic heterocycles. The second-order valence-electron chi connectivity index (χ2n) is 8.49. The first kappa shape index (κ1) is 28.1. The molecular formula is C25H47NO5. The summed E-state index contributed by atoms with van der Waals surface area (Å²) >= 11 is 0. The number of nitrogens with one attached hydrogen (secondary N) is 1. The topological polar surface area (TPSA) is 66.0 Å². The van der Waals surface area contributed by atoms with Gasteiger partial charge in [0.1, 0.15) is 6.10 Å². The van der Waals surface area contributed by atoms with Gasteiger partial charge >= 0.3 is 0 Å². The minimum atomic E-state index is -0.491. The quantitative estimate of drug-likeness (QED) is 0.239. The molecule has 1 rings (SSSR count). The van der Waals surface area contributed by atoms with Crippen LogP contribution in [0.1, 0.15) is 85.5 Å². The van der Waals surface area contributed by atoms with Gasteiger partial charge in [-0.2, -0.15) is 0 Å². The summed E-state index contributed by atoms with van der Waals surface area (Å²) in [5.74, 6) is 0.0252. The molecule has 1 saturated heterocycles. The predicted molar refractivity (Wildman–Crippen MR) is 125 cm³/mol. The third kappa shape index (κ3) is 11.0. The van der Waals surface area contributed by atoms with Gasteiger partial charge in [-0.15, -0.1) is 6.58 Å². The van der Waals surface area contributed by atoms with Crippen molar-refractivity contribution in [3.63, 3.8) is 0 Å². The molecule has 0 radical (unpaired) electrons. The van der Waals surface area contributed by atoms with Crippen molar-refractivity contribution in [1.82, 2.24) is 5.32 Å². The van der Waals surface area contributed by atoms with Crippen LogP contribution in [-0.2, 0) is 23.7 Å². The molecule has 6 heteroatoms. The summed E-state index contributed by atoms with van der Waals surface area (Å²) in [5.41, 5.74) is 0. The van der Waals surface area contributed by atoms with Gasteiger partial charge in [0.2, 0.25) is 5.91 Å². The van der Waals surface area contributed by atoms with Crippen LogP contribution in [0.2, 0.25) is 0 Å². The van der Waals surface area contributed by atoms with Gasteiger partial charge in [0.25, 0.3) is 0 Å². The Morgan fingerprint density at radius 1 is 1.00 bits per heavy atom. The molecule has 0 aromatic rings. The molecule has 0 aromatic heterocycles. The van der Waals surface area contributed by atoms with Crippen LogP contribution in [0.3, 0.4) is 0 Å². The molecule has 3 unspecified atom stereocenters. The van der Waals surface area contributed by atoms with E-state index >= 15 is 0 Å². The highest BCUT2D eigenvalue weighted by atomic mass is 16.7. The zero-order valence-electron chi connectivity index (χ0n) is 20.4. The fourth-order valence-electron chi connectivity index (χ4n) is 3.93. The van der Waals surface area contributed by atoms with Gasteiger partial charge in [0.05, 0.1) is 18.8 Å². The Bertz CT molecular complexity index is 473. The Morgan fingerprint density at radius 2 is 1.65 bits per heavy atom. The van der Waals surface area contributed by atoms with Gasteiger partial charge in [0, 0.05) is 32.7 Å². The molecule has 1 heterocycles. The van der Waals surface area contributed by atoms with E-state index in [2.05, 4.69) is 32.7 Å². The lowest BCUT2D eigenvalue weighted by atomic mass is 9.83. The number of ether oxygens (including phenoxy) is 4. The van der Waals surface area contributed by atoms with Crippen molar-refractivity contribution >= 4 is 5.91 Å². The lowest BCUT2D eigenvalue weighted by Gasteiger charge is -2.47. The number of carbonyl (C=O) groups is 1. The van der Waals surface area contributed by atoms with E-state index in [1.165, 1.54) is 0 Å². The minimum absolute atomic E-state index is 0.0728. The highest BCUT2D eigenvalue weighted by Gasteiger charge is 2.47. The molecule has 0 aromatic carbocycles. The SMILES string of the molecule is C=CCCCC1C(NC(C)=O)[C@@H](OCCCC)OC(COCCCC)[C@H]1OCCCC. The molecule has 1 N–H and O–H groups in total. The first-order valence-electron chi connectivity index (χ1n) is 12.4. The number of allylic oxidation sites excluding steroid dienone is 1. The van der Waals surface area contributed by atoms with E-state index in [1.54, 1.807) is 6.92 Å². The van der Waals surface area contributed by atoms with Gasteiger partial charge in [0.15, 0.2) is 6.29 Å². The van der Waals surface area contributed by atoms with E-state index in [4.69, 9.17) is 18.9 Å². The summed E-state index contributed by atoms with van der Waals surface area (Å²) < 4.78 is 24.9. The van der Waals surface area contributed by atoms with E-state index in [0.717, 1.165) is 64.4 Å². The molecule has 0 spiro atoms. The summed E-state index contributed by atoms with van der Waals surface area (Å²) in [6, 6.07) is -0.238. The van der Waals surface area contributed by atoms with E-state index in [9.17, 15) is 4.79 Å². The van der Waals surface area contributed by atoms with Gasteiger partial charge < -0.3 is 24.3 Å². The van der Waals surface area contributed by atoms with Crippen LogP contribution in [0.4, 0.5) is 0 Å². The Kier molecular flexibility index (Phi) is 15.9. The van der Waals surface area contributed by atoms with Crippen molar-refractivity contribution in [2.24, 2.45) is 5.92 Å². The number of carbonyl (C=O) groups excluding carboxylic acids is 1. The van der Waals surface area contributed by atoms with Crippen molar-refractivity contribution in [2.45, 2.75) is 110 Å². The predicted octanol–water partition coefficient (Wildman–Crippen LogP) is 5.01. The zero-order chi connectivity index (χ0) is 22.9. The van der Waals surface area contributed by atoms with Crippen molar-refractivity contribution in [1.29, 1.82) is 0 Å². The fraction of sp³-hybridized carbons (Fsp3) is 0.880. The van der Waals surface area contributed by atoms with Gasteiger partial charge in [-0.1, -0.05) is 46.1 Å². The van der Waals surface area contributed by atoms with E-state index in [-0.39, 0.29) is 30.1 Å². The second-order valence-corrected chi connectivity index (χ2v) is 8.49. The maximum absolute atomic E-state index is 12.1.